The molecule has 7 heteroatoms. The lowest BCUT2D eigenvalue weighted by Crippen LogP contribution is -2.53. The Hall–Kier alpha value is -4.13. The Morgan fingerprint density at radius 2 is 1.55 bits per heavy atom. The van der Waals surface area contributed by atoms with E-state index in [0.717, 1.165) is 0 Å². The summed E-state index contributed by atoms with van der Waals surface area (Å²) in [6.07, 6.45) is -0.188. The van der Waals surface area contributed by atoms with Crippen molar-refractivity contribution in [3.8, 4) is 5.75 Å². The van der Waals surface area contributed by atoms with Crippen LogP contribution in [0.3, 0.4) is 0 Å². The molecule has 156 valence electrons. The molecule has 0 fully saturated rings. The van der Waals surface area contributed by atoms with Gasteiger partial charge >= 0.3 is 0 Å². The van der Waals surface area contributed by atoms with Crippen LogP contribution in [0.2, 0.25) is 0 Å². The fourth-order valence-corrected chi connectivity index (χ4v) is 3.42. The van der Waals surface area contributed by atoms with Gasteiger partial charge in [0.2, 0.25) is 11.8 Å². The molecule has 0 saturated carbocycles. The lowest BCUT2D eigenvalue weighted by molar-refractivity contribution is -0.127. The molecule has 0 aliphatic carbocycles. The summed E-state index contributed by atoms with van der Waals surface area (Å²) in [5.41, 5.74) is 1.66. The summed E-state index contributed by atoms with van der Waals surface area (Å²) in [5, 5.41) is 5.55. The van der Waals surface area contributed by atoms with E-state index in [4.69, 9.17) is 4.74 Å². The van der Waals surface area contributed by atoms with Gasteiger partial charge in [-0.05, 0) is 36.4 Å². The van der Waals surface area contributed by atoms with Gasteiger partial charge in [-0.15, -0.1) is 0 Å². The minimum atomic E-state index is -0.995. The second-order valence-corrected chi connectivity index (χ2v) is 7.01. The van der Waals surface area contributed by atoms with Gasteiger partial charge in [0.05, 0.1) is 17.8 Å². The first-order valence-corrected chi connectivity index (χ1v) is 9.86. The van der Waals surface area contributed by atoms with Crippen LogP contribution in [0.15, 0.2) is 84.9 Å². The number of fused-ring (bicyclic) bond motifs is 1. The predicted molar refractivity (Wildman–Crippen MR) is 118 cm³/mol. The molecule has 1 heterocycles. The van der Waals surface area contributed by atoms with Gasteiger partial charge in [-0.3, -0.25) is 19.3 Å². The van der Waals surface area contributed by atoms with E-state index in [-0.39, 0.29) is 18.9 Å². The number of amides is 3. The molecule has 31 heavy (non-hydrogen) atoms. The van der Waals surface area contributed by atoms with Crippen LogP contribution in [0, 0.1) is 0 Å². The molecule has 1 atom stereocenters. The summed E-state index contributed by atoms with van der Waals surface area (Å²) in [4.78, 5) is 39.9. The van der Waals surface area contributed by atoms with Crippen LogP contribution in [0.25, 0.3) is 0 Å². The van der Waals surface area contributed by atoms with Gasteiger partial charge in [-0.25, -0.2) is 0 Å². The van der Waals surface area contributed by atoms with Crippen LogP contribution in [0.5, 0.6) is 5.75 Å². The average Bonchev–Trinajstić information content (AvgIpc) is 2.79. The van der Waals surface area contributed by atoms with Crippen LogP contribution >= 0.6 is 0 Å². The lowest BCUT2D eigenvalue weighted by Gasteiger charge is -2.36. The highest BCUT2D eigenvalue weighted by Crippen LogP contribution is 2.33. The van der Waals surface area contributed by atoms with Gasteiger partial charge in [0.1, 0.15) is 11.8 Å². The number of carbonyl (C=O) groups is 3. The number of nitrogens with zero attached hydrogens (tertiary/aromatic N) is 1. The van der Waals surface area contributed by atoms with Crippen LogP contribution in [0.1, 0.15) is 6.42 Å². The van der Waals surface area contributed by atoms with Crippen LogP contribution < -0.4 is 20.3 Å². The third-order valence-electron chi connectivity index (χ3n) is 4.85. The molecule has 1 aliphatic heterocycles. The SMILES string of the molecule is O=C(C[C@H]1C(=O)Nc2ccccc2N1C(=O)COc1ccccc1)Nc1ccccc1. The first-order valence-electron chi connectivity index (χ1n) is 9.86. The highest BCUT2D eigenvalue weighted by atomic mass is 16.5. The second kappa shape index (κ2) is 9.13. The zero-order valence-electron chi connectivity index (χ0n) is 16.7. The third kappa shape index (κ3) is 4.72. The standard InChI is InChI=1S/C24H21N3O4/c28-22(25-17-9-3-1-4-10-17)15-21-24(30)26-19-13-7-8-14-20(19)27(21)23(29)16-31-18-11-5-2-6-12-18/h1-14,21H,15-16H2,(H,25,28)(H,26,30)/t21-/m0/s1. The summed E-state index contributed by atoms with van der Waals surface area (Å²) >= 11 is 0. The number of rotatable bonds is 6. The molecule has 4 rings (SSSR count). The van der Waals surface area contributed by atoms with Gasteiger partial charge < -0.3 is 15.4 Å². The summed E-state index contributed by atoms with van der Waals surface area (Å²) in [7, 11) is 0. The van der Waals surface area contributed by atoms with E-state index in [2.05, 4.69) is 10.6 Å². The predicted octanol–water partition coefficient (Wildman–Crippen LogP) is 3.45. The smallest absolute Gasteiger partial charge is 0.265 e. The summed E-state index contributed by atoms with van der Waals surface area (Å²) in [6.45, 7) is -0.261. The van der Waals surface area contributed by atoms with Crippen molar-refractivity contribution < 1.29 is 19.1 Å². The highest BCUT2D eigenvalue weighted by Gasteiger charge is 2.38. The molecule has 1 aliphatic rings. The van der Waals surface area contributed by atoms with Crippen LogP contribution in [0.4, 0.5) is 17.1 Å². The number of carbonyl (C=O) groups excluding carboxylic acids is 3. The summed E-state index contributed by atoms with van der Waals surface area (Å²) < 4.78 is 5.60. The topological polar surface area (TPSA) is 87.7 Å². The van der Waals surface area contributed by atoms with Crippen molar-refractivity contribution in [2.45, 2.75) is 12.5 Å². The molecule has 7 nitrogen and oxygen atoms in total. The molecule has 0 bridgehead atoms. The summed E-state index contributed by atoms with van der Waals surface area (Å²) in [6, 6.07) is 23.9. The van der Waals surface area contributed by atoms with E-state index in [0.29, 0.717) is 22.8 Å². The Bertz CT molecular complexity index is 1090. The largest absolute Gasteiger partial charge is 0.484 e. The normalized spacial score (nSPS) is 14.9. The fraction of sp³-hybridized carbons (Fsp3) is 0.125. The molecular weight excluding hydrogens is 394 g/mol. The third-order valence-corrected chi connectivity index (χ3v) is 4.85. The average molecular weight is 415 g/mol. The molecule has 0 unspecified atom stereocenters. The van der Waals surface area contributed by atoms with Crippen molar-refractivity contribution in [2.24, 2.45) is 0 Å². The second-order valence-electron chi connectivity index (χ2n) is 7.01. The molecule has 0 spiro atoms. The zero-order chi connectivity index (χ0) is 21.6. The van der Waals surface area contributed by atoms with Gasteiger partial charge in [0, 0.05) is 5.69 Å². The van der Waals surface area contributed by atoms with Crippen LogP contribution in [-0.2, 0) is 14.4 Å². The minimum absolute atomic E-state index is 0.188. The van der Waals surface area contributed by atoms with E-state index in [9.17, 15) is 14.4 Å². The van der Waals surface area contributed by atoms with Gasteiger partial charge in [0.25, 0.3) is 5.91 Å². The molecule has 0 radical (unpaired) electrons. The monoisotopic (exact) mass is 415 g/mol. The number of nitrogens with one attached hydrogen (secondary N) is 2. The lowest BCUT2D eigenvalue weighted by atomic mass is 10.0. The van der Waals surface area contributed by atoms with E-state index < -0.39 is 17.9 Å². The fourth-order valence-electron chi connectivity index (χ4n) is 3.42. The number of hydrogen-bond acceptors (Lipinski definition) is 4. The molecule has 2 N–H and O–H groups in total. The first kappa shape index (κ1) is 20.2. The Morgan fingerprint density at radius 3 is 2.29 bits per heavy atom. The van der Waals surface area contributed by atoms with E-state index in [1.807, 2.05) is 12.1 Å². The molecule has 3 amide bonds. The Labute approximate surface area is 179 Å². The Kier molecular flexibility index (Phi) is 5.93. The van der Waals surface area contributed by atoms with Gasteiger partial charge in [0.15, 0.2) is 6.61 Å². The first-order chi connectivity index (χ1) is 15.1. The number of para-hydroxylation sites is 4. The van der Waals surface area contributed by atoms with E-state index in [1.54, 1.807) is 72.8 Å². The number of ether oxygens (including phenoxy) is 1. The van der Waals surface area contributed by atoms with Crippen LogP contribution in [-0.4, -0.2) is 30.4 Å². The molecular formula is C24H21N3O4. The molecule has 0 saturated heterocycles. The highest BCUT2D eigenvalue weighted by molar-refractivity contribution is 6.14. The van der Waals surface area contributed by atoms with Gasteiger partial charge in [-0.1, -0.05) is 48.5 Å². The van der Waals surface area contributed by atoms with Gasteiger partial charge in [-0.2, -0.15) is 0 Å². The minimum Gasteiger partial charge on any atom is -0.484 e. The molecule has 3 aromatic rings. The van der Waals surface area contributed by atoms with Crippen molar-refractivity contribution in [3.05, 3.63) is 84.9 Å². The number of benzene rings is 3. The van der Waals surface area contributed by atoms with Crippen molar-refractivity contribution in [1.82, 2.24) is 0 Å². The van der Waals surface area contributed by atoms with Crippen molar-refractivity contribution in [3.63, 3.8) is 0 Å². The number of anilines is 3. The van der Waals surface area contributed by atoms with Crippen molar-refractivity contribution >= 4 is 34.8 Å². The number of hydrogen-bond donors (Lipinski definition) is 2. The molecule has 3 aromatic carbocycles. The Balaban J connectivity index is 1.55. The summed E-state index contributed by atoms with van der Waals surface area (Å²) in [5.74, 6) is -0.657. The quantitative estimate of drug-likeness (QED) is 0.646. The van der Waals surface area contributed by atoms with Crippen molar-refractivity contribution in [1.29, 1.82) is 0 Å². The van der Waals surface area contributed by atoms with Crippen molar-refractivity contribution in [2.75, 3.05) is 22.1 Å². The zero-order valence-corrected chi connectivity index (χ0v) is 16.7. The van der Waals surface area contributed by atoms with E-state index >= 15 is 0 Å². The maximum atomic E-state index is 13.1. The Morgan fingerprint density at radius 1 is 0.903 bits per heavy atom. The molecule has 0 aromatic heterocycles. The van der Waals surface area contributed by atoms with E-state index in [1.165, 1.54) is 4.90 Å². The maximum Gasteiger partial charge on any atom is 0.265 e. The maximum absolute atomic E-state index is 13.1.